The number of amides is 2. The molecule has 0 saturated carbocycles. The zero-order valence-corrected chi connectivity index (χ0v) is 12.4. The molecule has 8 heteroatoms. The van der Waals surface area contributed by atoms with Crippen LogP contribution in [0.5, 0.6) is 0 Å². The number of rotatable bonds is 6. The molecule has 0 bridgehead atoms. The lowest BCUT2D eigenvalue weighted by Gasteiger charge is -2.09. The van der Waals surface area contributed by atoms with Gasteiger partial charge in [0, 0.05) is 0 Å². The number of nitrogens with one attached hydrogen (secondary N) is 2. The van der Waals surface area contributed by atoms with E-state index >= 15 is 0 Å². The van der Waals surface area contributed by atoms with Crippen LogP contribution in [0.1, 0.15) is 22.4 Å². The fourth-order valence-corrected chi connectivity index (χ4v) is 1.85. The summed E-state index contributed by atoms with van der Waals surface area (Å²) in [6, 6.07) is 6.31. The number of aliphatic hydroxyl groups is 1. The van der Waals surface area contributed by atoms with Crippen LogP contribution in [-0.2, 0) is 4.79 Å². The van der Waals surface area contributed by atoms with E-state index in [0.29, 0.717) is 10.4 Å². The van der Waals surface area contributed by atoms with Gasteiger partial charge in [-0.15, -0.1) is 0 Å². The molecule has 3 N–H and O–H groups in total. The summed E-state index contributed by atoms with van der Waals surface area (Å²) in [6.45, 7) is -0.226. The number of halogens is 1. The Balaban J connectivity index is 1.71. The Bertz CT molecular complexity index is 608. The van der Waals surface area contributed by atoms with Crippen molar-refractivity contribution in [3.05, 3.63) is 46.7 Å². The molecule has 0 fully saturated rings. The third-order valence-electron chi connectivity index (χ3n) is 2.57. The third-order valence-corrected chi connectivity index (χ3v) is 3.00. The maximum absolute atomic E-state index is 11.6. The monoisotopic (exact) mass is 356 g/mol. The highest BCUT2D eigenvalue weighted by Gasteiger charge is 2.14. The van der Waals surface area contributed by atoms with Gasteiger partial charge in [-0.05, 0) is 40.2 Å². The van der Waals surface area contributed by atoms with Crippen molar-refractivity contribution in [2.45, 2.75) is 6.10 Å². The third kappa shape index (κ3) is 4.47. The van der Waals surface area contributed by atoms with E-state index in [1.165, 1.54) is 12.3 Å². The highest BCUT2D eigenvalue weighted by molar-refractivity contribution is 9.10. The molecule has 112 valence electrons. The maximum atomic E-state index is 11.6. The molecule has 21 heavy (non-hydrogen) atoms. The average Bonchev–Trinajstić information content (AvgIpc) is 3.13. The summed E-state index contributed by atoms with van der Waals surface area (Å²) < 4.78 is 10.5. The average molecular weight is 357 g/mol. The van der Waals surface area contributed by atoms with Gasteiger partial charge in [0.1, 0.15) is 11.9 Å². The summed E-state index contributed by atoms with van der Waals surface area (Å²) in [5.74, 6) is -0.466. The van der Waals surface area contributed by atoms with Crippen LogP contribution < -0.4 is 10.6 Å². The molecule has 0 radical (unpaired) electrons. The minimum absolute atomic E-state index is 0.00544. The summed E-state index contributed by atoms with van der Waals surface area (Å²) in [5, 5.41) is 14.6. The second-order valence-corrected chi connectivity index (χ2v) is 4.90. The summed E-state index contributed by atoms with van der Waals surface area (Å²) >= 11 is 3.08. The molecule has 2 rings (SSSR count). The van der Waals surface area contributed by atoms with Crippen molar-refractivity contribution >= 4 is 27.7 Å². The maximum Gasteiger partial charge on any atom is 0.287 e. The molecule has 2 aromatic heterocycles. The Hall–Kier alpha value is -2.06. The second-order valence-electron chi connectivity index (χ2n) is 4.12. The van der Waals surface area contributed by atoms with Gasteiger partial charge in [0.05, 0.1) is 19.4 Å². The molecule has 1 atom stereocenters. The number of furan rings is 2. The van der Waals surface area contributed by atoms with Crippen LogP contribution in [0, 0.1) is 0 Å². The van der Waals surface area contributed by atoms with Crippen molar-refractivity contribution in [3.8, 4) is 0 Å². The second kappa shape index (κ2) is 7.09. The topological polar surface area (TPSA) is 105 Å². The minimum Gasteiger partial charge on any atom is -0.467 e. The Labute approximate surface area is 128 Å². The number of hydrogen-bond donors (Lipinski definition) is 3. The lowest BCUT2D eigenvalue weighted by atomic mass is 10.3. The van der Waals surface area contributed by atoms with Gasteiger partial charge in [-0.2, -0.15) is 0 Å². The predicted octanol–water partition coefficient (Wildman–Crippen LogP) is 1.21. The molecular weight excluding hydrogens is 344 g/mol. The molecular formula is C13H13BrN2O5. The summed E-state index contributed by atoms with van der Waals surface area (Å²) in [5.41, 5.74) is 0. The van der Waals surface area contributed by atoms with Crippen molar-refractivity contribution in [2.24, 2.45) is 0 Å². The SMILES string of the molecule is O=C(CNC(=O)c1ccc(Br)o1)NCC(O)c1ccco1. The zero-order valence-electron chi connectivity index (χ0n) is 10.8. The highest BCUT2D eigenvalue weighted by atomic mass is 79.9. The quantitative estimate of drug-likeness (QED) is 0.721. The molecule has 0 aliphatic rings. The van der Waals surface area contributed by atoms with E-state index in [-0.39, 0.29) is 18.8 Å². The van der Waals surface area contributed by atoms with E-state index in [0.717, 1.165) is 0 Å². The molecule has 2 aromatic rings. The zero-order chi connectivity index (χ0) is 15.2. The first-order valence-electron chi connectivity index (χ1n) is 6.08. The Morgan fingerprint density at radius 3 is 2.71 bits per heavy atom. The van der Waals surface area contributed by atoms with Crippen molar-refractivity contribution < 1.29 is 23.5 Å². The number of carbonyl (C=O) groups is 2. The van der Waals surface area contributed by atoms with Gasteiger partial charge in [0.15, 0.2) is 10.4 Å². The van der Waals surface area contributed by atoms with Crippen LogP contribution in [0.2, 0.25) is 0 Å². The number of carbonyl (C=O) groups excluding carboxylic acids is 2. The Morgan fingerprint density at radius 2 is 2.10 bits per heavy atom. The molecule has 0 aromatic carbocycles. The first kappa shape index (κ1) is 15.3. The number of hydrogen-bond acceptors (Lipinski definition) is 5. The van der Waals surface area contributed by atoms with Gasteiger partial charge in [-0.25, -0.2) is 0 Å². The lowest BCUT2D eigenvalue weighted by molar-refractivity contribution is -0.120. The Morgan fingerprint density at radius 1 is 1.29 bits per heavy atom. The van der Waals surface area contributed by atoms with E-state index in [1.54, 1.807) is 18.2 Å². The number of aliphatic hydroxyl groups excluding tert-OH is 1. The summed E-state index contributed by atoms with van der Waals surface area (Å²) in [6.07, 6.45) is 0.503. The highest BCUT2D eigenvalue weighted by Crippen LogP contribution is 2.13. The Kier molecular flexibility index (Phi) is 5.18. The van der Waals surface area contributed by atoms with Crippen LogP contribution in [0.25, 0.3) is 0 Å². The molecule has 0 aliphatic carbocycles. The predicted molar refractivity (Wildman–Crippen MR) is 75.4 cm³/mol. The first-order chi connectivity index (χ1) is 10.1. The van der Waals surface area contributed by atoms with Gasteiger partial charge in [-0.3, -0.25) is 9.59 Å². The molecule has 7 nitrogen and oxygen atoms in total. The van der Waals surface area contributed by atoms with Crippen molar-refractivity contribution in [1.82, 2.24) is 10.6 Å². The van der Waals surface area contributed by atoms with Gasteiger partial charge < -0.3 is 24.6 Å². The molecule has 1 unspecified atom stereocenters. The first-order valence-corrected chi connectivity index (χ1v) is 6.87. The fraction of sp³-hybridized carbons (Fsp3) is 0.231. The van der Waals surface area contributed by atoms with Crippen molar-refractivity contribution in [2.75, 3.05) is 13.1 Å². The smallest absolute Gasteiger partial charge is 0.287 e. The lowest BCUT2D eigenvalue weighted by Crippen LogP contribution is -2.38. The van der Waals surface area contributed by atoms with Crippen molar-refractivity contribution in [3.63, 3.8) is 0 Å². The van der Waals surface area contributed by atoms with Gasteiger partial charge in [0.2, 0.25) is 5.91 Å². The van der Waals surface area contributed by atoms with E-state index in [2.05, 4.69) is 26.6 Å². The molecule has 2 amide bonds. The standard InChI is InChI=1S/C13H13BrN2O5/c14-11-4-3-10(21-11)13(19)16-7-12(18)15-6-8(17)9-2-1-5-20-9/h1-5,8,17H,6-7H2,(H,15,18)(H,16,19). The fourth-order valence-electron chi connectivity index (χ4n) is 1.54. The van der Waals surface area contributed by atoms with Crippen LogP contribution in [0.15, 0.2) is 44.0 Å². The van der Waals surface area contributed by atoms with E-state index in [9.17, 15) is 14.7 Å². The van der Waals surface area contributed by atoms with Crippen LogP contribution in [-0.4, -0.2) is 30.0 Å². The summed E-state index contributed by atoms with van der Waals surface area (Å²) in [4.78, 5) is 23.2. The van der Waals surface area contributed by atoms with Crippen molar-refractivity contribution in [1.29, 1.82) is 0 Å². The van der Waals surface area contributed by atoms with Crippen LogP contribution >= 0.6 is 15.9 Å². The largest absolute Gasteiger partial charge is 0.467 e. The minimum atomic E-state index is -0.930. The molecule has 0 saturated heterocycles. The van der Waals surface area contributed by atoms with Gasteiger partial charge in [0.25, 0.3) is 5.91 Å². The van der Waals surface area contributed by atoms with Crippen LogP contribution in [0.4, 0.5) is 0 Å². The molecule has 0 spiro atoms. The molecule has 2 heterocycles. The normalized spacial score (nSPS) is 11.9. The summed E-state index contributed by atoms with van der Waals surface area (Å²) in [7, 11) is 0. The molecule has 0 aliphatic heterocycles. The van der Waals surface area contributed by atoms with E-state index < -0.39 is 17.9 Å². The van der Waals surface area contributed by atoms with Gasteiger partial charge in [-0.1, -0.05) is 0 Å². The van der Waals surface area contributed by atoms with Gasteiger partial charge >= 0.3 is 0 Å². The van der Waals surface area contributed by atoms with E-state index in [1.807, 2.05) is 0 Å². The van der Waals surface area contributed by atoms with E-state index in [4.69, 9.17) is 8.83 Å². The van der Waals surface area contributed by atoms with Crippen LogP contribution in [0.3, 0.4) is 0 Å².